The minimum atomic E-state index is -4.73. The minimum absolute atomic E-state index is 0.0602. The highest BCUT2D eigenvalue weighted by Crippen LogP contribution is 2.29. The van der Waals surface area contributed by atoms with Gasteiger partial charge in [0, 0.05) is 11.8 Å². The van der Waals surface area contributed by atoms with Crippen molar-refractivity contribution in [3.8, 4) is 0 Å². The largest absolute Gasteiger partial charge is 0.701 e. The maximum Gasteiger partial charge on any atom is 0.261 e. The maximum atomic E-state index is 12.5. The molecule has 6 nitrogen and oxygen atoms in total. The van der Waals surface area contributed by atoms with Crippen LogP contribution < -0.4 is 9.21 Å². The first-order valence-corrected chi connectivity index (χ1v) is 8.82. The van der Waals surface area contributed by atoms with Gasteiger partial charge in [-0.05, 0) is 24.3 Å². The molecule has 0 spiro atoms. The molecule has 24 heavy (non-hydrogen) atoms. The zero-order valence-electron chi connectivity index (χ0n) is 12.8. The van der Waals surface area contributed by atoms with E-state index in [0.29, 0.717) is 10.7 Å². The van der Waals surface area contributed by atoms with Gasteiger partial charge in [0.25, 0.3) is 16.2 Å². The van der Waals surface area contributed by atoms with Gasteiger partial charge in [-0.15, -0.1) is 0 Å². The van der Waals surface area contributed by atoms with E-state index in [1.807, 2.05) is 0 Å². The first-order valence-electron chi connectivity index (χ1n) is 6.70. The first-order chi connectivity index (χ1) is 11.0. The van der Waals surface area contributed by atoms with Gasteiger partial charge in [0.1, 0.15) is 5.56 Å². The molecule has 0 saturated carbocycles. The molecular formula is C15H14Cl2N2O4S. The number of carbonyl (C=O) groups is 1. The van der Waals surface area contributed by atoms with Gasteiger partial charge in [-0.2, -0.15) is 8.42 Å². The van der Waals surface area contributed by atoms with Crippen LogP contribution in [0.2, 0.25) is 10.0 Å². The van der Waals surface area contributed by atoms with Crippen LogP contribution in [0.4, 0.5) is 11.4 Å². The minimum Gasteiger partial charge on any atom is -0.701 e. The summed E-state index contributed by atoms with van der Waals surface area (Å²) in [7, 11) is -2.32. The van der Waals surface area contributed by atoms with Crippen molar-refractivity contribution in [2.24, 2.45) is 0 Å². The number of amides is 1. The molecule has 128 valence electrons. The molecule has 0 fully saturated rings. The molecule has 0 aliphatic rings. The fourth-order valence-electron chi connectivity index (χ4n) is 2.03. The number of rotatable bonds is 4. The molecule has 0 aromatic heterocycles. The van der Waals surface area contributed by atoms with Crippen LogP contribution in [0, 0.1) is 0 Å². The van der Waals surface area contributed by atoms with E-state index in [1.165, 1.54) is 38.4 Å². The Morgan fingerprint density at radius 1 is 1.08 bits per heavy atom. The standard InChI is InChI=1S/C15H14Cl2N2O4S/c1-19(2,24(21,22)23)14-6-4-3-5-11(14)15(20)18-10-7-8-12(16)13(17)9-10/h3-9H,1-2H3,(H-,18,20,21,22,23). The van der Waals surface area contributed by atoms with E-state index in [-0.39, 0.29) is 16.3 Å². The third-order valence-corrected chi connectivity index (χ3v) is 5.52. The number of hydrogen-bond donors (Lipinski definition) is 1. The second kappa shape index (κ2) is 6.70. The molecular weight excluding hydrogens is 375 g/mol. The third kappa shape index (κ3) is 3.71. The van der Waals surface area contributed by atoms with Crippen LogP contribution in [-0.2, 0) is 10.3 Å². The quantitative estimate of drug-likeness (QED) is 0.642. The Balaban J connectivity index is 2.42. The van der Waals surface area contributed by atoms with Gasteiger partial charge in [0.15, 0.2) is 5.69 Å². The summed E-state index contributed by atoms with van der Waals surface area (Å²) in [5.74, 6) is -0.571. The Morgan fingerprint density at radius 3 is 2.29 bits per heavy atom. The number of anilines is 1. The predicted octanol–water partition coefficient (Wildman–Crippen LogP) is 3.27. The van der Waals surface area contributed by atoms with Crippen LogP contribution >= 0.6 is 23.2 Å². The van der Waals surface area contributed by atoms with Gasteiger partial charge < -0.3 is 9.87 Å². The van der Waals surface area contributed by atoms with Gasteiger partial charge in [0.05, 0.1) is 24.1 Å². The van der Waals surface area contributed by atoms with Crippen LogP contribution in [0.3, 0.4) is 0 Å². The van der Waals surface area contributed by atoms with E-state index in [0.717, 1.165) is 0 Å². The Labute approximate surface area is 150 Å². The Bertz CT molecular complexity index is 898. The van der Waals surface area contributed by atoms with E-state index in [1.54, 1.807) is 18.2 Å². The lowest BCUT2D eigenvalue weighted by Crippen LogP contribution is -2.47. The van der Waals surface area contributed by atoms with Crippen LogP contribution in [0.1, 0.15) is 10.4 Å². The summed E-state index contributed by atoms with van der Waals surface area (Å²) in [6.45, 7) is 0. The molecule has 0 atom stereocenters. The molecule has 2 aromatic rings. The van der Waals surface area contributed by atoms with Crippen molar-refractivity contribution in [2.75, 3.05) is 19.4 Å². The molecule has 1 amide bonds. The number of benzene rings is 2. The normalized spacial score (nSPS) is 12.0. The lowest BCUT2D eigenvalue weighted by molar-refractivity contribution is 0.102. The molecule has 0 heterocycles. The number of quaternary nitrogens is 1. The van der Waals surface area contributed by atoms with Gasteiger partial charge >= 0.3 is 0 Å². The Kier molecular flexibility index (Phi) is 5.22. The number of para-hydroxylation sites is 1. The van der Waals surface area contributed by atoms with E-state index in [2.05, 4.69) is 5.32 Å². The highest BCUT2D eigenvalue weighted by atomic mass is 35.5. The molecule has 0 saturated heterocycles. The summed E-state index contributed by atoms with van der Waals surface area (Å²) < 4.78 is 33.6. The summed E-state index contributed by atoms with van der Waals surface area (Å²) in [6, 6.07) is 10.5. The Hall–Kier alpha value is -1.64. The SMILES string of the molecule is C[N+](C)(c1ccccc1C(=O)Nc1ccc(Cl)c(Cl)c1)S(=O)(=O)[O-]. The second-order valence-corrected chi connectivity index (χ2v) is 7.96. The highest BCUT2D eigenvalue weighted by Gasteiger charge is 2.31. The Morgan fingerprint density at radius 2 is 1.71 bits per heavy atom. The summed E-state index contributed by atoms with van der Waals surface area (Å²) in [6.07, 6.45) is 0. The summed E-state index contributed by atoms with van der Waals surface area (Å²) in [5, 5.41) is 3.20. The van der Waals surface area contributed by atoms with Crippen LogP contribution in [0.5, 0.6) is 0 Å². The van der Waals surface area contributed by atoms with E-state index < -0.39 is 20.1 Å². The van der Waals surface area contributed by atoms with E-state index in [9.17, 15) is 17.8 Å². The third-order valence-electron chi connectivity index (χ3n) is 3.47. The van der Waals surface area contributed by atoms with Crippen LogP contribution in [-0.4, -0.2) is 33.0 Å². The molecule has 0 unspecified atom stereocenters. The number of hydrogen-bond acceptors (Lipinski definition) is 4. The van der Waals surface area contributed by atoms with Crippen molar-refractivity contribution >= 4 is 50.8 Å². The fourth-order valence-corrected chi connectivity index (χ4v) is 2.73. The van der Waals surface area contributed by atoms with Gasteiger partial charge in [0.2, 0.25) is 0 Å². The number of nitrogens with one attached hydrogen (secondary N) is 1. The van der Waals surface area contributed by atoms with Gasteiger partial charge in [-0.1, -0.05) is 35.3 Å². The van der Waals surface area contributed by atoms with Gasteiger partial charge in [-0.3, -0.25) is 4.79 Å². The summed E-state index contributed by atoms with van der Waals surface area (Å²) >= 11 is 11.7. The lowest BCUT2D eigenvalue weighted by Gasteiger charge is -2.31. The van der Waals surface area contributed by atoms with E-state index >= 15 is 0 Å². The maximum absolute atomic E-state index is 12.5. The van der Waals surface area contributed by atoms with Crippen molar-refractivity contribution in [3.05, 3.63) is 58.1 Å². The van der Waals surface area contributed by atoms with Crippen molar-refractivity contribution in [1.82, 2.24) is 3.89 Å². The van der Waals surface area contributed by atoms with E-state index in [4.69, 9.17) is 23.2 Å². The highest BCUT2D eigenvalue weighted by molar-refractivity contribution is 7.85. The van der Waals surface area contributed by atoms with Crippen molar-refractivity contribution in [2.45, 2.75) is 0 Å². The molecule has 1 N–H and O–H groups in total. The second-order valence-electron chi connectivity index (χ2n) is 5.38. The van der Waals surface area contributed by atoms with Crippen LogP contribution in [0.25, 0.3) is 0 Å². The molecule has 0 radical (unpaired) electrons. The smallest absolute Gasteiger partial charge is 0.261 e. The average molecular weight is 389 g/mol. The van der Waals surface area contributed by atoms with Crippen molar-refractivity contribution in [3.63, 3.8) is 0 Å². The number of halogens is 2. The zero-order chi connectivity index (χ0) is 18.1. The van der Waals surface area contributed by atoms with Crippen molar-refractivity contribution < 1.29 is 17.8 Å². The van der Waals surface area contributed by atoms with Gasteiger partial charge in [-0.25, -0.2) is 3.89 Å². The van der Waals surface area contributed by atoms with Crippen LogP contribution in [0.15, 0.2) is 42.5 Å². The molecule has 2 rings (SSSR count). The molecule has 0 aliphatic heterocycles. The first kappa shape index (κ1) is 18.7. The number of nitrogens with zero attached hydrogens (tertiary/aromatic N) is 1. The lowest BCUT2D eigenvalue weighted by atomic mass is 10.1. The molecule has 0 bridgehead atoms. The fraction of sp³-hybridized carbons (Fsp3) is 0.133. The number of carbonyl (C=O) groups excluding carboxylic acids is 1. The predicted molar refractivity (Wildman–Crippen MR) is 94.2 cm³/mol. The topological polar surface area (TPSA) is 86.3 Å². The molecule has 9 heteroatoms. The van der Waals surface area contributed by atoms with Crippen molar-refractivity contribution in [1.29, 1.82) is 0 Å². The zero-order valence-corrected chi connectivity index (χ0v) is 15.1. The summed E-state index contributed by atoms with van der Waals surface area (Å²) in [5.41, 5.74) is 0.512. The summed E-state index contributed by atoms with van der Waals surface area (Å²) in [4.78, 5) is 12.5. The molecule has 0 aliphatic carbocycles. The monoisotopic (exact) mass is 388 g/mol. The molecule has 2 aromatic carbocycles. The average Bonchev–Trinajstić information content (AvgIpc) is 2.50.